The van der Waals surface area contributed by atoms with Gasteiger partial charge in [0.25, 0.3) is 5.91 Å². The van der Waals surface area contributed by atoms with Crippen LogP contribution in [0.15, 0.2) is 24.3 Å². The summed E-state index contributed by atoms with van der Waals surface area (Å²) in [6.07, 6.45) is 4.28. The fourth-order valence-corrected chi connectivity index (χ4v) is 2.46. The number of nitrogens with one attached hydrogen (secondary N) is 1. The molecule has 1 amide bonds. The topological polar surface area (TPSA) is 84.6 Å². The lowest BCUT2D eigenvalue weighted by Gasteiger charge is -2.21. The Bertz CT molecular complexity index is 450. The summed E-state index contributed by atoms with van der Waals surface area (Å²) in [6.45, 7) is -0.0859. The summed E-state index contributed by atoms with van der Waals surface area (Å²) in [7, 11) is 0. The highest BCUT2D eigenvalue weighted by atomic mass is 16.5. The van der Waals surface area contributed by atoms with Gasteiger partial charge >= 0.3 is 0 Å². The molecule has 0 aromatic heterocycles. The summed E-state index contributed by atoms with van der Waals surface area (Å²) < 4.78 is 5.39. The summed E-state index contributed by atoms with van der Waals surface area (Å²) in [6, 6.07) is 6.90. The van der Waals surface area contributed by atoms with E-state index in [1.807, 2.05) is 6.07 Å². The number of nitrogen functional groups attached to an aromatic ring is 1. The molecular weight excluding hydrogens is 256 g/mol. The van der Waals surface area contributed by atoms with Gasteiger partial charge in [0.1, 0.15) is 5.75 Å². The van der Waals surface area contributed by atoms with Crippen molar-refractivity contribution in [1.82, 2.24) is 5.32 Å². The SMILES string of the molecule is Nc1ccccc1OCC(=O)NC1CCCCCC1O. The van der Waals surface area contributed by atoms with Gasteiger partial charge < -0.3 is 20.9 Å². The highest BCUT2D eigenvalue weighted by Gasteiger charge is 2.23. The Kier molecular flexibility index (Phi) is 5.24. The highest BCUT2D eigenvalue weighted by Crippen LogP contribution is 2.20. The number of aliphatic hydroxyl groups is 1. The molecule has 0 aliphatic heterocycles. The number of benzene rings is 1. The average molecular weight is 278 g/mol. The predicted molar refractivity (Wildman–Crippen MR) is 77.4 cm³/mol. The molecule has 4 N–H and O–H groups in total. The minimum absolute atomic E-state index is 0.0859. The normalized spacial score (nSPS) is 22.9. The molecule has 0 heterocycles. The Morgan fingerprint density at radius 1 is 1.30 bits per heavy atom. The summed E-state index contributed by atoms with van der Waals surface area (Å²) in [5.41, 5.74) is 6.25. The van der Waals surface area contributed by atoms with Gasteiger partial charge in [-0.15, -0.1) is 0 Å². The second-order valence-electron chi connectivity index (χ2n) is 5.21. The van der Waals surface area contributed by atoms with E-state index in [0.29, 0.717) is 11.4 Å². The average Bonchev–Trinajstić information content (AvgIpc) is 2.63. The van der Waals surface area contributed by atoms with Crippen molar-refractivity contribution in [3.8, 4) is 5.75 Å². The van der Waals surface area contributed by atoms with Crippen molar-refractivity contribution in [3.63, 3.8) is 0 Å². The van der Waals surface area contributed by atoms with Gasteiger partial charge in [-0.3, -0.25) is 4.79 Å². The minimum Gasteiger partial charge on any atom is -0.482 e. The van der Waals surface area contributed by atoms with E-state index in [1.165, 1.54) is 0 Å². The maximum absolute atomic E-state index is 11.9. The number of amides is 1. The fraction of sp³-hybridized carbons (Fsp3) is 0.533. The molecule has 1 fully saturated rings. The lowest BCUT2D eigenvalue weighted by Crippen LogP contribution is -2.44. The molecule has 1 aromatic rings. The first-order valence-corrected chi connectivity index (χ1v) is 7.11. The highest BCUT2D eigenvalue weighted by molar-refractivity contribution is 5.78. The van der Waals surface area contributed by atoms with E-state index in [1.54, 1.807) is 18.2 Å². The zero-order valence-electron chi connectivity index (χ0n) is 11.5. The van der Waals surface area contributed by atoms with Crippen molar-refractivity contribution < 1.29 is 14.6 Å². The van der Waals surface area contributed by atoms with Gasteiger partial charge in [-0.05, 0) is 25.0 Å². The van der Waals surface area contributed by atoms with Crippen LogP contribution in [0.3, 0.4) is 0 Å². The standard InChI is InChI=1S/C15H22N2O3/c16-11-6-4-5-9-14(11)20-10-15(19)17-12-7-2-1-3-8-13(12)18/h4-6,9,12-13,18H,1-3,7-8,10,16H2,(H,17,19). The molecule has 2 unspecified atom stereocenters. The first-order chi connectivity index (χ1) is 9.66. The predicted octanol–water partition coefficient (Wildman–Crippen LogP) is 1.46. The second kappa shape index (κ2) is 7.14. The molecule has 20 heavy (non-hydrogen) atoms. The van der Waals surface area contributed by atoms with Crippen molar-refractivity contribution in [2.45, 2.75) is 44.2 Å². The molecule has 0 radical (unpaired) electrons. The van der Waals surface area contributed by atoms with Gasteiger partial charge in [0.05, 0.1) is 17.8 Å². The van der Waals surface area contributed by atoms with Crippen molar-refractivity contribution in [3.05, 3.63) is 24.3 Å². The Hall–Kier alpha value is -1.75. The third-order valence-electron chi connectivity index (χ3n) is 3.60. The Morgan fingerprint density at radius 3 is 2.85 bits per heavy atom. The molecule has 0 saturated heterocycles. The van der Waals surface area contributed by atoms with Crippen LogP contribution >= 0.6 is 0 Å². The Balaban J connectivity index is 1.81. The van der Waals surface area contributed by atoms with E-state index in [4.69, 9.17) is 10.5 Å². The van der Waals surface area contributed by atoms with E-state index in [-0.39, 0.29) is 18.6 Å². The number of hydrogen-bond donors (Lipinski definition) is 3. The Morgan fingerprint density at radius 2 is 2.05 bits per heavy atom. The molecule has 5 nitrogen and oxygen atoms in total. The summed E-state index contributed by atoms with van der Waals surface area (Å²) in [4.78, 5) is 11.9. The van der Waals surface area contributed by atoms with Crippen molar-refractivity contribution >= 4 is 11.6 Å². The third-order valence-corrected chi connectivity index (χ3v) is 3.60. The van der Waals surface area contributed by atoms with Gasteiger partial charge in [-0.2, -0.15) is 0 Å². The summed E-state index contributed by atoms with van der Waals surface area (Å²) in [5.74, 6) is 0.281. The number of hydrogen-bond acceptors (Lipinski definition) is 4. The van der Waals surface area contributed by atoms with Crippen LogP contribution in [0.2, 0.25) is 0 Å². The van der Waals surface area contributed by atoms with Crippen LogP contribution in [-0.2, 0) is 4.79 Å². The van der Waals surface area contributed by atoms with Crippen LogP contribution in [0.4, 0.5) is 5.69 Å². The van der Waals surface area contributed by atoms with E-state index in [0.717, 1.165) is 32.1 Å². The molecule has 1 saturated carbocycles. The number of carbonyl (C=O) groups is 1. The number of para-hydroxylation sites is 2. The largest absolute Gasteiger partial charge is 0.482 e. The van der Waals surface area contributed by atoms with Gasteiger partial charge in [-0.1, -0.05) is 31.4 Å². The van der Waals surface area contributed by atoms with Crippen LogP contribution < -0.4 is 15.8 Å². The van der Waals surface area contributed by atoms with E-state index < -0.39 is 6.10 Å². The van der Waals surface area contributed by atoms with Crippen molar-refractivity contribution in [2.24, 2.45) is 0 Å². The number of aliphatic hydroxyl groups excluding tert-OH is 1. The van der Waals surface area contributed by atoms with Crippen LogP contribution in [-0.4, -0.2) is 29.8 Å². The maximum Gasteiger partial charge on any atom is 0.258 e. The van der Waals surface area contributed by atoms with Crippen molar-refractivity contribution in [1.29, 1.82) is 0 Å². The molecule has 1 aliphatic rings. The zero-order chi connectivity index (χ0) is 14.4. The summed E-state index contributed by atoms with van der Waals surface area (Å²) in [5, 5.41) is 12.8. The van der Waals surface area contributed by atoms with Crippen LogP contribution in [0.5, 0.6) is 5.75 Å². The molecule has 0 bridgehead atoms. The lowest BCUT2D eigenvalue weighted by atomic mass is 10.1. The number of nitrogens with two attached hydrogens (primary N) is 1. The maximum atomic E-state index is 11.9. The van der Waals surface area contributed by atoms with Crippen LogP contribution in [0, 0.1) is 0 Å². The fourth-order valence-electron chi connectivity index (χ4n) is 2.46. The first kappa shape index (κ1) is 14.7. The van der Waals surface area contributed by atoms with Gasteiger partial charge in [0.2, 0.25) is 0 Å². The molecule has 110 valence electrons. The molecular formula is C15H22N2O3. The quantitative estimate of drug-likeness (QED) is 0.575. The van der Waals surface area contributed by atoms with E-state index in [2.05, 4.69) is 5.32 Å². The van der Waals surface area contributed by atoms with Gasteiger partial charge in [0, 0.05) is 0 Å². The Labute approximate surface area is 119 Å². The van der Waals surface area contributed by atoms with Crippen LogP contribution in [0.1, 0.15) is 32.1 Å². The van der Waals surface area contributed by atoms with Gasteiger partial charge in [-0.25, -0.2) is 0 Å². The monoisotopic (exact) mass is 278 g/mol. The number of rotatable bonds is 4. The molecule has 1 aromatic carbocycles. The zero-order valence-corrected chi connectivity index (χ0v) is 11.5. The van der Waals surface area contributed by atoms with Gasteiger partial charge in [0.15, 0.2) is 6.61 Å². The van der Waals surface area contributed by atoms with Crippen LogP contribution in [0.25, 0.3) is 0 Å². The lowest BCUT2D eigenvalue weighted by molar-refractivity contribution is -0.124. The molecule has 2 rings (SSSR count). The van der Waals surface area contributed by atoms with E-state index >= 15 is 0 Å². The number of carbonyl (C=O) groups excluding carboxylic acids is 1. The molecule has 5 heteroatoms. The molecule has 1 aliphatic carbocycles. The van der Waals surface area contributed by atoms with E-state index in [9.17, 15) is 9.90 Å². The summed E-state index contributed by atoms with van der Waals surface area (Å²) >= 11 is 0. The molecule has 0 spiro atoms. The van der Waals surface area contributed by atoms with Crippen molar-refractivity contribution in [2.75, 3.05) is 12.3 Å². The second-order valence-corrected chi connectivity index (χ2v) is 5.21. The minimum atomic E-state index is -0.455. The number of anilines is 1. The molecule has 2 atom stereocenters. The first-order valence-electron chi connectivity index (χ1n) is 7.11. The number of ether oxygens (including phenoxy) is 1. The third kappa shape index (κ3) is 4.13. The smallest absolute Gasteiger partial charge is 0.258 e.